The van der Waals surface area contributed by atoms with Crippen molar-refractivity contribution in [3.63, 3.8) is 0 Å². The molecule has 0 saturated heterocycles. The molecule has 0 radical (unpaired) electrons. The molecule has 2 aromatic rings. The number of aromatic nitrogens is 1. The van der Waals surface area contributed by atoms with Crippen LogP contribution in [0.4, 0.5) is 4.79 Å². The van der Waals surface area contributed by atoms with Gasteiger partial charge in [-0.2, -0.15) is 0 Å². The maximum Gasteiger partial charge on any atom is 0.407 e. The van der Waals surface area contributed by atoms with Crippen LogP contribution < -0.4 is 14.8 Å². The molecule has 1 heterocycles. The van der Waals surface area contributed by atoms with Crippen molar-refractivity contribution in [2.45, 2.75) is 53.2 Å². The van der Waals surface area contributed by atoms with Crippen molar-refractivity contribution in [2.24, 2.45) is 0 Å². The third-order valence-electron chi connectivity index (χ3n) is 4.21. The highest BCUT2D eigenvalue weighted by atomic mass is 16.6. The summed E-state index contributed by atoms with van der Waals surface area (Å²) in [6, 6.07) is 7.62. The summed E-state index contributed by atoms with van der Waals surface area (Å²) in [4.78, 5) is 16.0. The summed E-state index contributed by atoms with van der Waals surface area (Å²) in [7, 11) is 1.62. The average Bonchev–Trinajstić information content (AvgIpc) is 2.65. The van der Waals surface area contributed by atoms with E-state index >= 15 is 0 Å². The average molecular weight is 417 g/mol. The largest absolute Gasteiger partial charge is 0.496 e. The number of aryl methyl sites for hydroxylation is 2. The SMILES string of the molecule is COc1cc(OCCCNC(=O)OC(C)(C)C)cc(C)c1-c1cc(C)nc(CO)c1. The van der Waals surface area contributed by atoms with Crippen LogP contribution in [-0.2, 0) is 11.3 Å². The topological polar surface area (TPSA) is 89.9 Å². The van der Waals surface area contributed by atoms with Crippen LogP contribution in [0.15, 0.2) is 24.3 Å². The minimum atomic E-state index is -0.512. The van der Waals surface area contributed by atoms with Crippen molar-refractivity contribution >= 4 is 6.09 Å². The molecule has 0 aliphatic heterocycles. The lowest BCUT2D eigenvalue weighted by molar-refractivity contribution is 0.0525. The first kappa shape index (κ1) is 23.5. The highest BCUT2D eigenvalue weighted by Gasteiger charge is 2.16. The molecule has 0 unspecified atom stereocenters. The van der Waals surface area contributed by atoms with Crippen LogP contribution in [0.3, 0.4) is 0 Å². The van der Waals surface area contributed by atoms with Gasteiger partial charge in [-0.3, -0.25) is 4.98 Å². The van der Waals surface area contributed by atoms with Crippen molar-refractivity contribution in [1.82, 2.24) is 10.3 Å². The van der Waals surface area contributed by atoms with Crippen LogP contribution in [0.25, 0.3) is 11.1 Å². The highest BCUT2D eigenvalue weighted by Crippen LogP contribution is 2.37. The van der Waals surface area contributed by atoms with Gasteiger partial charge in [0.1, 0.15) is 17.1 Å². The Kier molecular flexibility index (Phi) is 8.06. The number of pyridine rings is 1. The number of methoxy groups -OCH3 is 1. The molecule has 0 bridgehead atoms. The second-order valence-corrected chi connectivity index (χ2v) is 8.09. The molecule has 2 rings (SSSR count). The number of aliphatic hydroxyl groups excluding tert-OH is 1. The molecule has 7 heteroatoms. The number of hydrogen-bond donors (Lipinski definition) is 2. The number of hydrogen-bond acceptors (Lipinski definition) is 6. The van der Waals surface area contributed by atoms with Gasteiger partial charge in [0.25, 0.3) is 0 Å². The second-order valence-electron chi connectivity index (χ2n) is 8.09. The third-order valence-corrected chi connectivity index (χ3v) is 4.21. The number of alkyl carbamates (subject to hydrolysis) is 1. The van der Waals surface area contributed by atoms with Gasteiger partial charge in [-0.1, -0.05) is 0 Å². The number of nitrogens with one attached hydrogen (secondary N) is 1. The maximum absolute atomic E-state index is 11.7. The smallest absolute Gasteiger partial charge is 0.407 e. The van der Waals surface area contributed by atoms with Crippen LogP contribution in [0.5, 0.6) is 11.5 Å². The molecule has 1 amide bonds. The van der Waals surface area contributed by atoms with E-state index in [1.807, 2.05) is 58.9 Å². The minimum absolute atomic E-state index is 0.116. The molecule has 2 N–H and O–H groups in total. The molecular weight excluding hydrogens is 384 g/mol. The Morgan fingerprint density at radius 2 is 1.90 bits per heavy atom. The van der Waals surface area contributed by atoms with E-state index in [2.05, 4.69) is 10.3 Å². The molecule has 7 nitrogen and oxygen atoms in total. The van der Waals surface area contributed by atoms with E-state index in [0.29, 0.717) is 36.8 Å². The van der Waals surface area contributed by atoms with Gasteiger partial charge >= 0.3 is 6.09 Å². The molecule has 0 saturated carbocycles. The number of rotatable bonds is 8. The number of ether oxygens (including phenoxy) is 3. The summed E-state index contributed by atoms with van der Waals surface area (Å²) in [5.41, 5.74) is 3.80. The zero-order valence-electron chi connectivity index (χ0n) is 18.7. The zero-order chi connectivity index (χ0) is 22.3. The summed E-state index contributed by atoms with van der Waals surface area (Å²) in [5.74, 6) is 1.38. The Morgan fingerprint density at radius 3 is 2.53 bits per heavy atom. The van der Waals surface area contributed by atoms with E-state index in [1.54, 1.807) is 7.11 Å². The number of aliphatic hydroxyl groups is 1. The van der Waals surface area contributed by atoms with Crippen molar-refractivity contribution in [1.29, 1.82) is 0 Å². The standard InChI is InChI=1S/C23H32N2O5/c1-15-10-19(29-9-7-8-24-22(27)30-23(3,4)5)13-20(28-6)21(15)17-11-16(2)25-18(12-17)14-26/h10-13,26H,7-9,14H2,1-6H3,(H,24,27). The lowest BCUT2D eigenvalue weighted by atomic mass is 9.98. The van der Waals surface area contributed by atoms with Gasteiger partial charge in [0.2, 0.25) is 0 Å². The first-order valence-electron chi connectivity index (χ1n) is 10.00. The normalized spacial score (nSPS) is 11.2. The Morgan fingerprint density at radius 1 is 1.17 bits per heavy atom. The predicted octanol–water partition coefficient (Wildman–Crippen LogP) is 4.16. The summed E-state index contributed by atoms with van der Waals surface area (Å²) in [5, 5.41) is 12.2. The molecule has 0 fully saturated rings. The van der Waals surface area contributed by atoms with Crippen LogP contribution in [0.1, 0.15) is 44.1 Å². The molecule has 1 aromatic carbocycles. The van der Waals surface area contributed by atoms with Gasteiger partial charge in [-0.15, -0.1) is 0 Å². The zero-order valence-corrected chi connectivity index (χ0v) is 18.7. The van der Waals surface area contributed by atoms with Gasteiger partial charge in [-0.25, -0.2) is 4.79 Å². The van der Waals surface area contributed by atoms with Gasteiger partial charge in [0.05, 0.1) is 26.0 Å². The lowest BCUT2D eigenvalue weighted by Gasteiger charge is -2.19. The Bertz CT molecular complexity index is 875. The first-order valence-corrected chi connectivity index (χ1v) is 10.00. The van der Waals surface area contributed by atoms with Gasteiger partial charge < -0.3 is 24.6 Å². The number of amides is 1. The Labute approximate surface area is 178 Å². The van der Waals surface area contributed by atoms with Crippen LogP contribution in [0.2, 0.25) is 0 Å². The van der Waals surface area contributed by atoms with E-state index in [1.165, 1.54) is 0 Å². The third kappa shape index (κ3) is 6.91. The minimum Gasteiger partial charge on any atom is -0.496 e. The number of benzene rings is 1. The Hall–Kier alpha value is -2.80. The molecule has 0 atom stereocenters. The van der Waals surface area contributed by atoms with Crippen LogP contribution in [-0.4, -0.2) is 42.0 Å². The number of nitrogens with zero attached hydrogens (tertiary/aromatic N) is 1. The van der Waals surface area contributed by atoms with Gasteiger partial charge in [-0.05, 0) is 70.4 Å². The summed E-state index contributed by atoms with van der Waals surface area (Å²) < 4.78 is 16.7. The van der Waals surface area contributed by atoms with E-state index in [4.69, 9.17) is 14.2 Å². The monoisotopic (exact) mass is 416 g/mol. The molecule has 0 aliphatic carbocycles. The number of carbonyl (C=O) groups is 1. The second kappa shape index (κ2) is 10.3. The lowest BCUT2D eigenvalue weighted by Crippen LogP contribution is -2.33. The molecular formula is C23H32N2O5. The fraction of sp³-hybridized carbons (Fsp3) is 0.478. The quantitative estimate of drug-likeness (QED) is 0.628. The van der Waals surface area contributed by atoms with Gasteiger partial charge in [0.15, 0.2) is 0 Å². The maximum atomic E-state index is 11.7. The van der Waals surface area contributed by atoms with Crippen molar-refractivity contribution in [3.05, 3.63) is 41.2 Å². The molecule has 1 aromatic heterocycles. The molecule has 0 aliphatic rings. The van der Waals surface area contributed by atoms with Crippen LogP contribution >= 0.6 is 0 Å². The fourth-order valence-electron chi connectivity index (χ4n) is 3.07. The molecule has 164 valence electrons. The van der Waals surface area contributed by atoms with Crippen molar-refractivity contribution in [2.75, 3.05) is 20.3 Å². The first-order chi connectivity index (χ1) is 14.1. The van der Waals surface area contributed by atoms with E-state index in [0.717, 1.165) is 22.4 Å². The van der Waals surface area contributed by atoms with E-state index < -0.39 is 11.7 Å². The van der Waals surface area contributed by atoms with Crippen molar-refractivity contribution in [3.8, 4) is 22.6 Å². The molecule has 0 spiro atoms. The number of carbonyl (C=O) groups excluding carboxylic acids is 1. The predicted molar refractivity (Wildman–Crippen MR) is 116 cm³/mol. The van der Waals surface area contributed by atoms with Gasteiger partial charge in [0, 0.05) is 23.9 Å². The highest BCUT2D eigenvalue weighted by molar-refractivity contribution is 5.75. The Balaban J connectivity index is 2.02. The molecule has 30 heavy (non-hydrogen) atoms. The van der Waals surface area contributed by atoms with Crippen molar-refractivity contribution < 1.29 is 24.1 Å². The summed E-state index contributed by atoms with van der Waals surface area (Å²) >= 11 is 0. The fourth-order valence-corrected chi connectivity index (χ4v) is 3.07. The van der Waals surface area contributed by atoms with E-state index in [9.17, 15) is 9.90 Å². The van der Waals surface area contributed by atoms with Crippen LogP contribution in [0, 0.1) is 13.8 Å². The van der Waals surface area contributed by atoms with E-state index in [-0.39, 0.29) is 6.61 Å². The summed E-state index contributed by atoms with van der Waals surface area (Å²) in [6.07, 6.45) is 0.213. The summed E-state index contributed by atoms with van der Waals surface area (Å²) in [6.45, 7) is 10.2.